The number of methoxy groups -OCH3 is 1. The van der Waals surface area contributed by atoms with Crippen LogP contribution >= 0.6 is 11.8 Å². The van der Waals surface area contributed by atoms with Crippen LogP contribution in [0.1, 0.15) is 0 Å². The van der Waals surface area contributed by atoms with Crippen molar-refractivity contribution in [3.8, 4) is 17.1 Å². The third kappa shape index (κ3) is 3.48. The fraction of sp³-hybridized carbons (Fsp3) is 0.182. The van der Waals surface area contributed by atoms with Crippen molar-refractivity contribution >= 4 is 23.4 Å². The van der Waals surface area contributed by atoms with Gasteiger partial charge in [0.2, 0.25) is 5.16 Å². The van der Waals surface area contributed by atoms with E-state index >= 15 is 0 Å². The van der Waals surface area contributed by atoms with Gasteiger partial charge in [-0.2, -0.15) is 0 Å². The molecule has 0 saturated carbocycles. The Morgan fingerprint density at radius 2 is 2.33 bits per heavy atom. The van der Waals surface area contributed by atoms with E-state index in [4.69, 9.17) is 9.84 Å². The Labute approximate surface area is 122 Å². The van der Waals surface area contributed by atoms with Gasteiger partial charge in [0, 0.05) is 11.6 Å². The number of hydrogen-bond acceptors (Lipinski definition) is 7. The molecule has 110 valence electrons. The second kappa shape index (κ2) is 6.22. The van der Waals surface area contributed by atoms with Gasteiger partial charge in [0.15, 0.2) is 11.6 Å². The molecule has 2 N–H and O–H groups in total. The topological polar surface area (TPSA) is 131 Å². The van der Waals surface area contributed by atoms with Crippen LogP contribution in [-0.4, -0.2) is 44.0 Å². The van der Waals surface area contributed by atoms with E-state index in [1.165, 1.54) is 25.3 Å². The maximum absolute atomic E-state index is 10.8. The van der Waals surface area contributed by atoms with Crippen molar-refractivity contribution in [1.29, 1.82) is 0 Å². The summed E-state index contributed by atoms with van der Waals surface area (Å²) in [6.45, 7) is 0. The second-order valence-corrected chi connectivity index (χ2v) is 4.74. The summed E-state index contributed by atoms with van der Waals surface area (Å²) < 4.78 is 4.97. The summed E-state index contributed by atoms with van der Waals surface area (Å²) in [6.07, 6.45) is 0. The van der Waals surface area contributed by atoms with Crippen LogP contribution in [0.5, 0.6) is 5.75 Å². The molecule has 0 aliphatic heterocycles. The van der Waals surface area contributed by atoms with E-state index in [-0.39, 0.29) is 22.3 Å². The van der Waals surface area contributed by atoms with Crippen molar-refractivity contribution < 1.29 is 19.6 Å². The molecule has 1 aromatic heterocycles. The first-order valence-electron chi connectivity index (χ1n) is 5.61. The molecule has 9 nitrogen and oxygen atoms in total. The number of nitro benzene ring substituents is 1. The largest absolute Gasteiger partial charge is 0.490 e. The number of aromatic amines is 1. The maximum Gasteiger partial charge on any atom is 0.313 e. The zero-order valence-electron chi connectivity index (χ0n) is 10.8. The lowest BCUT2D eigenvalue weighted by atomic mass is 10.2. The number of benzene rings is 1. The van der Waals surface area contributed by atoms with Gasteiger partial charge < -0.3 is 9.84 Å². The average Bonchev–Trinajstić information content (AvgIpc) is 2.93. The van der Waals surface area contributed by atoms with Crippen LogP contribution in [0, 0.1) is 10.1 Å². The lowest BCUT2D eigenvalue weighted by Crippen LogP contribution is -1.97. The molecule has 0 radical (unpaired) electrons. The highest BCUT2D eigenvalue weighted by Crippen LogP contribution is 2.31. The highest BCUT2D eigenvalue weighted by Gasteiger charge is 2.17. The molecule has 0 spiro atoms. The number of aromatic nitrogens is 3. The Kier molecular flexibility index (Phi) is 4.38. The zero-order valence-corrected chi connectivity index (χ0v) is 11.6. The van der Waals surface area contributed by atoms with Crippen molar-refractivity contribution in [1.82, 2.24) is 15.2 Å². The number of ether oxygens (including phenoxy) is 1. The Hall–Kier alpha value is -2.62. The van der Waals surface area contributed by atoms with Crippen LogP contribution in [-0.2, 0) is 4.79 Å². The van der Waals surface area contributed by atoms with E-state index in [1.54, 1.807) is 0 Å². The van der Waals surface area contributed by atoms with E-state index < -0.39 is 10.9 Å². The van der Waals surface area contributed by atoms with Crippen LogP contribution in [0.2, 0.25) is 0 Å². The number of H-pyrrole nitrogens is 1. The van der Waals surface area contributed by atoms with E-state index in [9.17, 15) is 14.9 Å². The summed E-state index contributed by atoms with van der Waals surface area (Å²) in [6, 6.07) is 4.28. The molecule has 0 aliphatic rings. The molecule has 0 bridgehead atoms. The van der Waals surface area contributed by atoms with E-state index in [0.717, 1.165) is 11.8 Å². The van der Waals surface area contributed by atoms with Crippen LogP contribution in [0.4, 0.5) is 5.69 Å². The smallest absolute Gasteiger partial charge is 0.313 e. The maximum atomic E-state index is 10.8. The van der Waals surface area contributed by atoms with Crippen molar-refractivity contribution in [2.75, 3.05) is 12.9 Å². The molecule has 1 aromatic carbocycles. The highest BCUT2D eigenvalue weighted by atomic mass is 32.2. The number of nitro groups is 1. The summed E-state index contributed by atoms with van der Waals surface area (Å²) in [4.78, 5) is 24.8. The number of rotatable bonds is 6. The minimum absolute atomic E-state index is 0.105. The monoisotopic (exact) mass is 310 g/mol. The predicted molar refractivity (Wildman–Crippen MR) is 73.4 cm³/mol. The summed E-state index contributed by atoms with van der Waals surface area (Å²) >= 11 is 0.970. The molecule has 21 heavy (non-hydrogen) atoms. The van der Waals surface area contributed by atoms with Gasteiger partial charge in [0.1, 0.15) is 0 Å². The SMILES string of the molecule is COc1cc(-c2nc(SCC(=O)O)n[nH]2)ccc1[N+](=O)[O-]. The molecular weight excluding hydrogens is 300 g/mol. The molecule has 0 saturated heterocycles. The van der Waals surface area contributed by atoms with Gasteiger partial charge in [-0.25, -0.2) is 4.98 Å². The van der Waals surface area contributed by atoms with Gasteiger partial charge in [-0.3, -0.25) is 20.0 Å². The van der Waals surface area contributed by atoms with Gasteiger partial charge in [-0.05, 0) is 12.1 Å². The van der Waals surface area contributed by atoms with Gasteiger partial charge in [-0.1, -0.05) is 11.8 Å². The molecule has 2 rings (SSSR count). The van der Waals surface area contributed by atoms with Crippen LogP contribution in [0.15, 0.2) is 23.4 Å². The number of aliphatic carboxylic acids is 1. The first kappa shape index (κ1) is 14.8. The van der Waals surface area contributed by atoms with Crippen LogP contribution in [0.3, 0.4) is 0 Å². The van der Waals surface area contributed by atoms with Crippen LogP contribution < -0.4 is 4.74 Å². The average molecular weight is 310 g/mol. The molecular formula is C11H10N4O5S. The number of carbonyl (C=O) groups is 1. The first-order valence-corrected chi connectivity index (χ1v) is 6.59. The van der Waals surface area contributed by atoms with Crippen LogP contribution in [0.25, 0.3) is 11.4 Å². The fourth-order valence-electron chi connectivity index (χ4n) is 1.54. The van der Waals surface area contributed by atoms with Gasteiger partial charge >= 0.3 is 11.7 Å². The second-order valence-electron chi connectivity index (χ2n) is 3.79. The molecule has 0 unspecified atom stereocenters. The first-order chi connectivity index (χ1) is 10.0. The molecule has 0 fully saturated rings. The standard InChI is InChI=1S/C11H10N4O5S/c1-20-8-4-6(2-3-7(8)15(18)19)10-12-11(14-13-10)21-5-9(16)17/h2-4H,5H2,1H3,(H,16,17)(H,12,13,14). The number of hydrogen-bond donors (Lipinski definition) is 2. The third-order valence-corrected chi connectivity index (χ3v) is 3.27. The lowest BCUT2D eigenvalue weighted by molar-refractivity contribution is -0.385. The Morgan fingerprint density at radius 3 is 2.95 bits per heavy atom. The summed E-state index contributed by atoms with van der Waals surface area (Å²) in [5.74, 6) is -0.644. The van der Waals surface area contributed by atoms with Crippen molar-refractivity contribution in [2.24, 2.45) is 0 Å². The Morgan fingerprint density at radius 1 is 1.57 bits per heavy atom. The molecule has 2 aromatic rings. The molecule has 10 heteroatoms. The van der Waals surface area contributed by atoms with Gasteiger partial charge in [-0.15, -0.1) is 5.10 Å². The quantitative estimate of drug-likeness (QED) is 0.467. The Bertz CT molecular complexity index is 687. The summed E-state index contributed by atoms with van der Waals surface area (Å²) in [7, 11) is 1.33. The van der Waals surface area contributed by atoms with E-state index in [1.807, 2.05) is 0 Å². The molecule has 0 atom stereocenters. The van der Waals surface area contributed by atoms with Crippen molar-refractivity contribution in [3.05, 3.63) is 28.3 Å². The fourth-order valence-corrected chi connectivity index (χ4v) is 2.06. The number of thioether (sulfide) groups is 1. The molecule has 0 amide bonds. The third-order valence-electron chi connectivity index (χ3n) is 2.44. The number of carboxylic acids is 1. The number of carboxylic acid groups (broad SMARTS) is 1. The van der Waals surface area contributed by atoms with E-state index in [0.29, 0.717) is 11.4 Å². The number of nitrogens with one attached hydrogen (secondary N) is 1. The Balaban J connectivity index is 2.26. The lowest BCUT2D eigenvalue weighted by Gasteiger charge is -2.03. The van der Waals surface area contributed by atoms with Gasteiger partial charge in [0.25, 0.3) is 0 Å². The molecule has 0 aliphatic carbocycles. The van der Waals surface area contributed by atoms with Crippen molar-refractivity contribution in [3.63, 3.8) is 0 Å². The molecule has 1 heterocycles. The normalized spacial score (nSPS) is 10.3. The zero-order chi connectivity index (χ0) is 15.4. The van der Waals surface area contributed by atoms with Gasteiger partial charge in [0.05, 0.1) is 17.8 Å². The summed E-state index contributed by atoms with van der Waals surface area (Å²) in [5.41, 5.74) is 0.397. The minimum atomic E-state index is -0.969. The predicted octanol–water partition coefficient (Wildman–Crippen LogP) is 1.57. The number of nitrogens with zero attached hydrogens (tertiary/aromatic N) is 3. The van der Waals surface area contributed by atoms with E-state index in [2.05, 4.69) is 15.2 Å². The highest BCUT2D eigenvalue weighted by molar-refractivity contribution is 7.99. The minimum Gasteiger partial charge on any atom is -0.490 e. The summed E-state index contributed by atoms with van der Waals surface area (Å²) in [5, 5.41) is 26.2. The van der Waals surface area contributed by atoms with Crippen molar-refractivity contribution in [2.45, 2.75) is 5.16 Å².